The Hall–Kier alpha value is -4.51. The number of carbonyl (C=O) groups is 1. The Morgan fingerprint density at radius 1 is 1.02 bits per heavy atom. The smallest absolute Gasteiger partial charge is 0.257 e. The van der Waals surface area contributed by atoms with Crippen molar-refractivity contribution < 1.29 is 9.53 Å². The van der Waals surface area contributed by atoms with Crippen molar-refractivity contribution in [3.8, 4) is 11.5 Å². The summed E-state index contributed by atoms with van der Waals surface area (Å²) in [5.41, 5.74) is 4.38. The fraction of sp³-hybridized carbons (Fsp3) is 0.345. The van der Waals surface area contributed by atoms with Crippen LogP contribution >= 0.6 is 0 Å². The van der Waals surface area contributed by atoms with Gasteiger partial charge in [0.15, 0.2) is 11.4 Å². The van der Waals surface area contributed by atoms with Crippen molar-refractivity contribution in [1.82, 2.24) is 34.7 Å². The molecule has 0 atom stereocenters. The molecule has 2 aliphatic rings. The maximum Gasteiger partial charge on any atom is 0.257 e. The van der Waals surface area contributed by atoms with Crippen LogP contribution in [0, 0.1) is 6.92 Å². The van der Waals surface area contributed by atoms with E-state index in [0.717, 1.165) is 48.7 Å². The minimum atomic E-state index is -0.240. The Kier molecular flexibility index (Phi) is 6.07. The summed E-state index contributed by atoms with van der Waals surface area (Å²) < 4.78 is 9.68. The lowest BCUT2D eigenvalue weighted by molar-refractivity contribution is 0.102. The molecule has 0 unspecified atom stereocenters. The van der Waals surface area contributed by atoms with Crippen LogP contribution in [0.5, 0.6) is 11.5 Å². The maximum absolute atomic E-state index is 13.6. The van der Waals surface area contributed by atoms with Gasteiger partial charge in [-0.25, -0.2) is 4.98 Å². The number of hydrogen-bond donors (Lipinski definition) is 2. The van der Waals surface area contributed by atoms with E-state index in [2.05, 4.69) is 41.9 Å². The summed E-state index contributed by atoms with van der Waals surface area (Å²) in [5, 5.41) is 20.2. The number of pyridine rings is 1. The molecule has 0 spiro atoms. The standard InChI is InChI=1S/C29H31N9O2/c1-18-15-38-16-21(13-26(28(38)32-18)40-22-7-10-30-31-14-22)34-29(39)23-5-6-25(24-17-36(2)35-27(23)24)37-11-8-20(9-12-37)33-19-3-4-19/h5-7,10,13-17,19-20,33H,3-4,8-9,11-12H2,1-2H3,(H,34,39). The van der Waals surface area contributed by atoms with E-state index in [1.54, 1.807) is 23.0 Å². The molecule has 5 aromatic rings. The summed E-state index contributed by atoms with van der Waals surface area (Å²) in [6.45, 7) is 3.88. The Bertz CT molecular complexity index is 1700. The molecule has 5 heterocycles. The zero-order valence-electron chi connectivity index (χ0n) is 22.5. The molecule has 1 aromatic carbocycles. The van der Waals surface area contributed by atoms with Gasteiger partial charge >= 0.3 is 0 Å². The fourth-order valence-corrected chi connectivity index (χ4v) is 5.53. The van der Waals surface area contributed by atoms with Crippen LogP contribution in [0.2, 0.25) is 0 Å². The molecule has 0 bridgehead atoms. The highest BCUT2D eigenvalue weighted by Gasteiger charge is 2.28. The second kappa shape index (κ2) is 9.91. The average Bonchev–Trinajstić information content (AvgIpc) is 3.54. The number of aryl methyl sites for hydroxylation is 2. The maximum atomic E-state index is 13.6. The molecule has 11 heteroatoms. The number of piperidine rings is 1. The van der Waals surface area contributed by atoms with Gasteiger partial charge in [0.1, 0.15) is 11.3 Å². The van der Waals surface area contributed by atoms with E-state index in [4.69, 9.17) is 4.74 Å². The summed E-state index contributed by atoms with van der Waals surface area (Å²) >= 11 is 0. The van der Waals surface area contributed by atoms with E-state index >= 15 is 0 Å². The zero-order chi connectivity index (χ0) is 27.2. The number of amides is 1. The van der Waals surface area contributed by atoms with Gasteiger partial charge in [0.05, 0.1) is 29.3 Å². The lowest BCUT2D eigenvalue weighted by atomic mass is 10.0. The number of nitrogens with one attached hydrogen (secondary N) is 2. The number of hydrogen-bond acceptors (Lipinski definition) is 8. The zero-order valence-corrected chi connectivity index (χ0v) is 22.5. The molecule has 40 heavy (non-hydrogen) atoms. The van der Waals surface area contributed by atoms with Crippen molar-refractivity contribution in [2.75, 3.05) is 23.3 Å². The fourth-order valence-electron chi connectivity index (χ4n) is 5.53. The van der Waals surface area contributed by atoms with Gasteiger partial charge in [0.25, 0.3) is 5.91 Å². The lowest BCUT2D eigenvalue weighted by Crippen LogP contribution is -2.43. The largest absolute Gasteiger partial charge is 0.452 e. The Labute approximate surface area is 231 Å². The number of fused-ring (bicyclic) bond motifs is 2. The van der Waals surface area contributed by atoms with Crippen LogP contribution in [0.1, 0.15) is 41.7 Å². The molecular weight excluding hydrogens is 506 g/mol. The van der Waals surface area contributed by atoms with Gasteiger partial charge in [0, 0.05) is 74.0 Å². The van der Waals surface area contributed by atoms with Crippen LogP contribution in [0.15, 0.2) is 55.2 Å². The van der Waals surface area contributed by atoms with Gasteiger partial charge in [-0.05, 0) is 44.7 Å². The first-order valence-corrected chi connectivity index (χ1v) is 13.7. The molecule has 2 fully saturated rings. The summed E-state index contributed by atoms with van der Waals surface area (Å²) in [4.78, 5) is 20.6. The first-order chi connectivity index (χ1) is 19.5. The van der Waals surface area contributed by atoms with Crippen LogP contribution in [-0.2, 0) is 7.05 Å². The van der Waals surface area contributed by atoms with E-state index < -0.39 is 0 Å². The monoisotopic (exact) mass is 537 g/mol. The highest BCUT2D eigenvalue weighted by atomic mass is 16.5. The second-order valence-electron chi connectivity index (χ2n) is 10.7. The van der Waals surface area contributed by atoms with Crippen molar-refractivity contribution in [2.24, 2.45) is 7.05 Å². The van der Waals surface area contributed by atoms with Crippen molar-refractivity contribution in [3.63, 3.8) is 0 Å². The first kappa shape index (κ1) is 24.5. The molecule has 2 N–H and O–H groups in total. The van der Waals surface area contributed by atoms with Gasteiger partial charge in [0.2, 0.25) is 0 Å². The van der Waals surface area contributed by atoms with Crippen LogP contribution < -0.4 is 20.3 Å². The summed E-state index contributed by atoms with van der Waals surface area (Å²) in [7, 11) is 1.89. The average molecular weight is 538 g/mol. The predicted molar refractivity (Wildman–Crippen MR) is 152 cm³/mol. The van der Waals surface area contributed by atoms with Crippen molar-refractivity contribution >= 4 is 33.8 Å². The number of benzene rings is 1. The highest BCUT2D eigenvalue weighted by molar-refractivity contribution is 6.14. The third-order valence-corrected chi connectivity index (χ3v) is 7.58. The summed E-state index contributed by atoms with van der Waals surface area (Å²) in [5.74, 6) is 0.784. The van der Waals surface area contributed by atoms with Crippen LogP contribution in [0.3, 0.4) is 0 Å². The highest BCUT2D eigenvalue weighted by Crippen LogP contribution is 2.33. The first-order valence-electron chi connectivity index (χ1n) is 13.7. The number of nitrogens with zero attached hydrogens (tertiary/aromatic N) is 7. The Balaban J connectivity index is 1.16. The number of anilines is 2. The van der Waals surface area contributed by atoms with Gasteiger partial charge in [-0.2, -0.15) is 15.3 Å². The number of imidazole rings is 1. The van der Waals surface area contributed by atoms with Crippen LogP contribution in [-0.4, -0.2) is 60.4 Å². The molecular formula is C29H31N9O2. The van der Waals surface area contributed by atoms with Gasteiger partial charge < -0.3 is 24.7 Å². The molecule has 1 amide bonds. The molecule has 1 saturated heterocycles. The minimum Gasteiger partial charge on any atom is -0.452 e. The van der Waals surface area contributed by atoms with Crippen LogP contribution in [0.25, 0.3) is 16.6 Å². The van der Waals surface area contributed by atoms with E-state index in [-0.39, 0.29) is 5.91 Å². The molecule has 11 nitrogen and oxygen atoms in total. The Morgan fingerprint density at radius 2 is 1.85 bits per heavy atom. The van der Waals surface area contributed by atoms with E-state index in [1.807, 2.05) is 43.0 Å². The van der Waals surface area contributed by atoms with Crippen molar-refractivity contribution in [3.05, 3.63) is 66.5 Å². The quantitative estimate of drug-likeness (QED) is 0.319. The summed E-state index contributed by atoms with van der Waals surface area (Å²) in [6, 6.07) is 8.75. The van der Waals surface area contributed by atoms with E-state index in [0.29, 0.717) is 40.0 Å². The van der Waals surface area contributed by atoms with Gasteiger partial charge in [-0.3, -0.25) is 9.48 Å². The molecule has 1 aliphatic carbocycles. The van der Waals surface area contributed by atoms with Crippen molar-refractivity contribution in [1.29, 1.82) is 0 Å². The third kappa shape index (κ3) is 4.84. The second-order valence-corrected chi connectivity index (χ2v) is 10.7. The molecule has 4 aromatic heterocycles. The normalized spacial score (nSPS) is 16.1. The molecule has 0 radical (unpaired) electrons. The number of rotatable bonds is 7. The number of carbonyl (C=O) groups excluding carboxylic acids is 1. The molecule has 1 saturated carbocycles. The Morgan fingerprint density at radius 3 is 2.62 bits per heavy atom. The summed E-state index contributed by atoms with van der Waals surface area (Å²) in [6.07, 6.45) is 13.7. The molecule has 7 rings (SSSR count). The third-order valence-electron chi connectivity index (χ3n) is 7.58. The van der Waals surface area contributed by atoms with E-state index in [1.165, 1.54) is 19.0 Å². The van der Waals surface area contributed by atoms with Gasteiger partial charge in [-0.1, -0.05) is 0 Å². The van der Waals surface area contributed by atoms with Crippen molar-refractivity contribution in [2.45, 2.75) is 44.7 Å². The van der Waals surface area contributed by atoms with Crippen LogP contribution in [0.4, 0.5) is 11.4 Å². The lowest BCUT2D eigenvalue weighted by Gasteiger charge is -2.34. The number of aromatic nitrogens is 6. The predicted octanol–water partition coefficient (Wildman–Crippen LogP) is 4.08. The SMILES string of the molecule is Cc1cn2cc(NC(=O)c3ccc(N4CCC(NC5CC5)CC4)c4cn(C)nc34)cc(Oc3ccnnc3)c2n1. The topological polar surface area (TPSA) is 114 Å². The molecule has 1 aliphatic heterocycles. The van der Waals surface area contributed by atoms with Gasteiger partial charge in [-0.15, -0.1) is 0 Å². The number of ether oxygens (including phenoxy) is 1. The van der Waals surface area contributed by atoms with E-state index in [9.17, 15) is 4.79 Å². The molecule has 204 valence electrons. The minimum absolute atomic E-state index is 0.240.